The molecule has 18 heavy (non-hydrogen) atoms. The van der Waals surface area contributed by atoms with E-state index in [1.807, 2.05) is 0 Å². The maximum atomic E-state index is 9.99. The van der Waals surface area contributed by atoms with Crippen LogP contribution in [0.1, 0.15) is 34.1 Å². The predicted molar refractivity (Wildman–Crippen MR) is 71.8 cm³/mol. The summed E-state index contributed by atoms with van der Waals surface area (Å²) in [6.07, 6.45) is -0.310. The van der Waals surface area contributed by atoms with E-state index in [2.05, 4.69) is 33.4 Å². The minimum Gasteiger partial charge on any atom is -0.480 e. The molecule has 0 heterocycles. The maximum absolute atomic E-state index is 9.99. The number of rotatable bonds is 7. The Morgan fingerprint density at radius 1 is 1.06 bits per heavy atom. The highest BCUT2D eigenvalue weighted by atomic mass is 16.4. The standard InChI is InChI=1S/C8H20N.C4H8N2O3/c1-5-9(6-2,7-3)8-4;5-2(4(8)9)1-3(6)7/h5-8H2,1-4H3;2H,1,5H2,(H2,6,7)(H,8,9)/q+1;. The van der Waals surface area contributed by atoms with E-state index in [1.54, 1.807) is 0 Å². The van der Waals surface area contributed by atoms with Gasteiger partial charge in [0.05, 0.1) is 32.6 Å². The summed E-state index contributed by atoms with van der Waals surface area (Å²) in [7, 11) is 0. The molecule has 0 saturated carbocycles. The molecular weight excluding hydrogens is 234 g/mol. The lowest BCUT2D eigenvalue weighted by Gasteiger charge is -2.34. The fourth-order valence-electron chi connectivity index (χ4n) is 1.65. The highest BCUT2D eigenvalue weighted by Gasteiger charge is 2.16. The molecule has 0 radical (unpaired) electrons. The summed E-state index contributed by atoms with van der Waals surface area (Å²) in [5.41, 5.74) is 9.57. The molecule has 0 rings (SSSR count). The van der Waals surface area contributed by atoms with Crippen LogP contribution in [-0.4, -0.2) is 53.7 Å². The Kier molecular flexibility index (Phi) is 10.5. The smallest absolute Gasteiger partial charge is 0.321 e. The van der Waals surface area contributed by atoms with Crippen LogP contribution in [0.3, 0.4) is 0 Å². The monoisotopic (exact) mass is 262 g/mol. The molecule has 1 amide bonds. The number of carbonyl (C=O) groups is 2. The Balaban J connectivity index is 0. The van der Waals surface area contributed by atoms with Crippen molar-refractivity contribution in [2.75, 3.05) is 26.2 Å². The number of quaternary nitrogens is 1. The summed E-state index contributed by atoms with van der Waals surface area (Å²) in [5, 5.41) is 8.10. The van der Waals surface area contributed by atoms with E-state index in [9.17, 15) is 9.59 Å². The minimum atomic E-state index is -1.21. The number of nitrogens with two attached hydrogens (primary N) is 2. The molecule has 6 heteroatoms. The molecule has 0 bridgehead atoms. The van der Waals surface area contributed by atoms with Gasteiger partial charge in [-0.3, -0.25) is 9.59 Å². The predicted octanol–water partition coefficient (Wildman–Crippen LogP) is 0.157. The van der Waals surface area contributed by atoms with Gasteiger partial charge in [-0.05, 0) is 27.7 Å². The van der Waals surface area contributed by atoms with Gasteiger partial charge in [0.2, 0.25) is 5.91 Å². The van der Waals surface area contributed by atoms with Crippen LogP contribution in [-0.2, 0) is 9.59 Å². The second-order valence-electron chi connectivity index (χ2n) is 4.22. The molecule has 0 aromatic rings. The zero-order chi connectivity index (χ0) is 14.8. The van der Waals surface area contributed by atoms with E-state index in [1.165, 1.54) is 30.7 Å². The number of carboxylic acid groups (broad SMARTS) is 1. The average Bonchev–Trinajstić information content (AvgIpc) is 2.32. The van der Waals surface area contributed by atoms with Crippen LogP contribution in [0.4, 0.5) is 0 Å². The summed E-state index contributed by atoms with van der Waals surface area (Å²) >= 11 is 0. The van der Waals surface area contributed by atoms with Crippen molar-refractivity contribution in [1.29, 1.82) is 0 Å². The molecule has 0 fully saturated rings. The fraction of sp³-hybridized carbons (Fsp3) is 0.833. The van der Waals surface area contributed by atoms with Crippen molar-refractivity contribution in [2.45, 2.75) is 40.2 Å². The van der Waals surface area contributed by atoms with Gasteiger partial charge >= 0.3 is 5.97 Å². The van der Waals surface area contributed by atoms with Gasteiger partial charge in [0.1, 0.15) is 6.04 Å². The molecular formula is C12H28N3O3+. The third-order valence-electron chi connectivity index (χ3n) is 3.42. The minimum absolute atomic E-state index is 0.310. The molecule has 0 aromatic heterocycles. The molecule has 108 valence electrons. The number of hydrogen-bond donors (Lipinski definition) is 3. The Labute approximate surface area is 110 Å². The van der Waals surface area contributed by atoms with Crippen LogP contribution in [0.15, 0.2) is 0 Å². The van der Waals surface area contributed by atoms with Gasteiger partial charge in [0, 0.05) is 0 Å². The van der Waals surface area contributed by atoms with Crippen molar-refractivity contribution in [2.24, 2.45) is 11.5 Å². The average molecular weight is 262 g/mol. The summed E-state index contributed by atoms with van der Waals surface area (Å²) in [6, 6.07) is -1.16. The van der Waals surface area contributed by atoms with E-state index in [0.717, 1.165) is 0 Å². The van der Waals surface area contributed by atoms with Gasteiger partial charge in [-0.2, -0.15) is 0 Å². The number of carboxylic acids is 1. The number of carbonyl (C=O) groups excluding carboxylic acids is 1. The van der Waals surface area contributed by atoms with Crippen molar-refractivity contribution >= 4 is 11.9 Å². The third kappa shape index (κ3) is 8.03. The van der Waals surface area contributed by atoms with E-state index in [-0.39, 0.29) is 6.42 Å². The lowest BCUT2D eigenvalue weighted by atomic mass is 10.2. The zero-order valence-corrected chi connectivity index (χ0v) is 12.0. The first-order chi connectivity index (χ1) is 8.28. The summed E-state index contributed by atoms with van der Waals surface area (Å²) in [4.78, 5) is 19.9. The molecule has 0 saturated heterocycles. The van der Waals surface area contributed by atoms with Crippen LogP contribution in [0, 0.1) is 0 Å². The van der Waals surface area contributed by atoms with Crippen LogP contribution in [0.5, 0.6) is 0 Å². The highest BCUT2D eigenvalue weighted by molar-refractivity contribution is 5.83. The Morgan fingerprint density at radius 2 is 1.39 bits per heavy atom. The Hall–Kier alpha value is -1.14. The van der Waals surface area contributed by atoms with Crippen molar-refractivity contribution in [3.05, 3.63) is 0 Å². The van der Waals surface area contributed by atoms with E-state index in [0.29, 0.717) is 0 Å². The normalized spacial score (nSPS) is 12.3. The number of aliphatic carboxylic acids is 1. The molecule has 0 aromatic carbocycles. The van der Waals surface area contributed by atoms with Crippen LogP contribution in [0.25, 0.3) is 0 Å². The summed E-state index contributed by atoms with van der Waals surface area (Å²) < 4.78 is 1.28. The lowest BCUT2D eigenvalue weighted by molar-refractivity contribution is -0.921. The molecule has 0 aliphatic heterocycles. The van der Waals surface area contributed by atoms with Crippen molar-refractivity contribution in [3.8, 4) is 0 Å². The van der Waals surface area contributed by atoms with Gasteiger partial charge in [-0.1, -0.05) is 0 Å². The number of amides is 1. The van der Waals surface area contributed by atoms with Crippen molar-refractivity contribution < 1.29 is 19.2 Å². The zero-order valence-electron chi connectivity index (χ0n) is 12.0. The number of nitrogens with zero attached hydrogens (tertiary/aromatic N) is 1. The highest BCUT2D eigenvalue weighted by Crippen LogP contribution is 2.03. The van der Waals surface area contributed by atoms with Crippen molar-refractivity contribution in [1.82, 2.24) is 0 Å². The Morgan fingerprint density at radius 3 is 1.44 bits per heavy atom. The van der Waals surface area contributed by atoms with Gasteiger partial charge in [-0.25, -0.2) is 0 Å². The van der Waals surface area contributed by atoms with E-state index < -0.39 is 17.9 Å². The molecule has 0 spiro atoms. The second-order valence-corrected chi connectivity index (χ2v) is 4.22. The fourth-order valence-corrected chi connectivity index (χ4v) is 1.65. The van der Waals surface area contributed by atoms with Gasteiger partial charge < -0.3 is 21.1 Å². The maximum Gasteiger partial charge on any atom is 0.321 e. The van der Waals surface area contributed by atoms with E-state index >= 15 is 0 Å². The topological polar surface area (TPSA) is 106 Å². The number of hydrogen-bond acceptors (Lipinski definition) is 3. The van der Waals surface area contributed by atoms with Gasteiger partial charge in [-0.15, -0.1) is 0 Å². The number of primary amides is 1. The molecule has 0 aliphatic carbocycles. The van der Waals surface area contributed by atoms with Crippen molar-refractivity contribution in [3.63, 3.8) is 0 Å². The van der Waals surface area contributed by atoms with E-state index in [4.69, 9.17) is 10.8 Å². The first-order valence-electron chi connectivity index (χ1n) is 6.40. The summed E-state index contributed by atoms with van der Waals surface area (Å²) in [5.74, 6) is -1.92. The SMILES string of the molecule is CC[N+](CC)(CC)CC.NC(=O)CC(N)C(=O)O. The first-order valence-corrected chi connectivity index (χ1v) is 6.40. The molecule has 1 atom stereocenters. The van der Waals surface area contributed by atoms with Crippen LogP contribution < -0.4 is 11.5 Å². The second kappa shape index (κ2) is 9.85. The van der Waals surface area contributed by atoms with Gasteiger partial charge in [0.15, 0.2) is 0 Å². The molecule has 5 N–H and O–H groups in total. The largest absolute Gasteiger partial charge is 0.480 e. The Bertz CT molecular complexity index is 235. The van der Waals surface area contributed by atoms with Gasteiger partial charge in [0.25, 0.3) is 0 Å². The summed E-state index contributed by atoms with van der Waals surface area (Å²) in [6.45, 7) is 14.2. The first kappa shape index (κ1) is 19.2. The van der Waals surface area contributed by atoms with Crippen LogP contribution >= 0.6 is 0 Å². The molecule has 6 nitrogen and oxygen atoms in total. The van der Waals surface area contributed by atoms with Crippen LogP contribution in [0.2, 0.25) is 0 Å². The molecule has 1 unspecified atom stereocenters. The third-order valence-corrected chi connectivity index (χ3v) is 3.42. The molecule has 0 aliphatic rings. The quantitative estimate of drug-likeness (QED) is 0.568. The lowest BCUT2D eigenvalue weighted by Crippen LogP contribution is -2.47.